The lowest BCUT2D eigenvalue weighted by Gasteiger charge is -2.36. The SMILES string of the molecule is O=C(Nc1ccc2c(c1)CCN(C1CCC1)CC2)c1cccc(-n2cncn2)c1. The van der Waals surface area contributed by atoms with E-state index in [4.69, 9.17) is 0 Å². The standard InChI is InChI=1S/C23H25N5O/c29-23(19-3-1-6-22(14-19)28-16-24-15-25-28)26-20-8-7-17-9-11-27(21-4-2-5-21)12-10-18(17)13-20/h1,3,6-8,13-16,21H,2,4-5,9-12H2,(H,26,29). The molecule has 1 amide bonds. The van der Waals surface area contributed by atoms with Crippen molar-refractivity contribution in [3.63, 3.8) is 0 Å². The first-order valence-electron chi connectivity index (χ1n) is 10.4. The van der Waals surface area contributed by atoms with Gasteiger partial charge in [-0.15, -0.1) is 0 Å². The number of carbonyl (C=O) groups excluding carboxylic acids is 1. The molecule has 2 aromatic carbocycles. The van der Waals surface area contributed by atoms with Gasteiger partial charge in [-0.1, -0.05) is 18.6 Å². The van der Waals surface area contributed by atoms with Crippen LogP contribution in [-0.2, 0) is 12.8 Å². The Morgan fingerprint density at radius 3 is 2.66 bits per heavy atom. The molecule has 6 heteroatoms. The second-order valence-electron chi connectivity index (χ2n) is 7.95. The molecule has 1 saturated carbocycles. The van der Waals surface area contributed by atoms with Crippen LogP contribution in [0.3, 0.4) is 0 Å². The molecule has 3 aromatic rings. The minimum absolute atomic E-state index is 0.114. The van der Waals surface area contributed by atoms with Crippen LogP contribution in [0.2, 0.25) is 0 Å². The Balaban J connectivity index is 1.30. The van der Waals surface area contributed by atoms with Gasteiger partial charge in [0.25, 0.3) is 5.91 Å². The Morgan fingerprint density at radius 2 is 1.90 bits per heavy atom. The average Bonchev–Trinajstić information content (AvgIpc) is 3.17. The van der Waals surface area contributed by atoms with Crippen molar-refractivity contribution in [1.82, 2.24) is 19.7 Å². The monoisotopic (exact) mass is 387 g/mol. The van der Waals surface area contributed by atoms with Crippen LogP contribution >= 0.6 is 0 Å². The number of aromatic nitrogens is 3. The molecule has 0 spiro atoms. The number of nitrogens with one attached hydrogen (secondary N) is 1. The van der Waals surface area contributed by atoms with Crippen molar-refractivity contribution in [2.45, 2.75) is 38.1 Å². The fraction of sp³-hybridized carbons (Fsp3) is 0.348. The van der Waals surface area contributed by atoms with Crippen LogP contribution in [0.25, 0.3) is 5.69 Å². The Morgan fingerprint density at radius 1 is 1.03 bits per heavy atom. The molecule has 1 aliphatic heterocycles. The highest BCUT2D eigenvalue weighted by Gasteiger charge is 2.26. The van der Waals surface area contributed by atoms with Crippen LogP contribution in [0.15, 0.2) is 55.1 Å². The summed E-state index contributed by atoms with van der Waals surface area (Å²) in [4.78, 5) is 19.4. The molecule has 1 aromatic heterocycles. The largest absolute Gasteiger partial charge is 0.322 e. The normalized spacial score (nSPS) is 17.2. The van der Waals surface area contributed by atoms with Gasteiger partial charge in [-0.3, -0.25) is 9.69 Å². The maximum absolute atomic E-state index is 12.8. The third-order valence-electron chi connectivity index (χ3n) is 6.18. The van der Waals surface area contributed by atoms with Crippen molar-refractivity contribution in [2.24, 2.45) is 0 Å². The minimum atomic E-state index is -0.114. The van der Waals surface area contributed by atoms with Crippen LogP contribution in [0, 0.1) is 0 Å². The first-order chi connectivity index (χ1) is 14.3. The Bertz CT molecular complexity index is 1010. The van der Waals surface area contributed by atoms with Crippen LogP contribution in [0.1, 0.15) is 40.7 Å². The number of hydrogen-bond donors (Lipinski definition) is 1. The summed E-state index contributed by atoms with van der Waals surface area (Å²) in [6.45, 7) is 2.27. The number of anilines is 1. The number of rotatable bonds is 4. The molecule has 2 aliphatic rings. The van der Waals surface area contributed by atoms with E-state index in [2.05, 4.69) is 32.4 Å². The van der Waals surface area contributed by atoms with Crippen LogP contribution in [0.5, 0.6) is 0 Å². The fourth-order valence-electron chi connectivity index (χ4n) is 4.27. The van der Waals surface area contributed by atoms with Gasteiger partial charge < -0.3 is 5.32 Å². The van der Waals surface area contributed by atoms with Crippen molar-refractivity contribution in [3.8, 4) is 5.69 Å². The Labute approximate surface area is 170 Å². The third kappa shape index (κ3) is 3.80. The zero-order valence-electron chi connectivity index (χ0n) is 16.4. The van der Waals surface area contributed by atoms with E-state index < -0.39 is 0 Å². The first-order valence-corrected chi connectivity index (χ1v) is 10.4. The van der Waals surface area contributed by atoms with E-state index >= 15 is 0 Å². The molecule has 6 nitrogen and oxygen atoms in total. The summed E-state index contributed by atoms with van der Waals surface area (Å²) in [7, 11) is 0. The maximum Gasteiger partial charge on any atom is 0.255 e. The highest BCUT2D eigenvalue weighted by atomic mass is 16.1. The van der Waals surface area contributed by atoms with E-state index in [1.54, 1.807) is 11.0 Å². The summed E-state index contributed by atoms with van der Waals surface area (Å²) in [6, 6.07) is 14.6. The third-order valence-corrected chi connectivity index (χ3v) is 6.18. The van der Waals surface area contributed by atoms with Crippen molar-refractivity contribution >= 4 is 11.6 Å². The zero-order chi connectivity index (χ0) is 19.6. The quantitative estimate of drug-likeness (QED) is 0.745. The molecule has 1 aliphatic carbocycles. The molecule has 1 N–H and O–H groups in total. The highest BCUT2D eigenvalue weighted by molar-refractivity contribution is 6.04. The summed E-state index contributed by atoms with van der Waals surface area (Å²) in [5.41, 5.74) is 5.05. The van der Waals surface area contributed by atoms with Gasteiger partial charge in [0, 0.05) is 30.4 Å². The van der Waals surface area contributed by atoms with E-state index in [9.17, 15) is 4.79 Å². The van der Waals surface area contributed by atoms with Gasteiger partial charge in [0.05, 0.1) is 5.69 Å². The van der Waals surface area contributed by atoms with Crippen molar-refractivity contribution in [1.29, 1.82) is 0 Å². The number of fused-ring (bicyclic) bond motifs is 1. The number of benzene rings is 2. The number of hydrogen-bond acceptors (Lipinski definition) is 4. The zero-order valence-corrected chi connectivity index (χ0v) is 16.4. The van der Waals surface area contributed by atoms with Gasteiger partial charge in [-0.25, -0.2) is 9.67 Å². The summed E-state index contributed by atoms with van der Waals surface area (Å²) < 4.78 is 1.65. The lowest BCUT2D eigenvalue weighted by atomic mass is 9.91. The summed E-state index contributed by atoms with van der Waals surface area (Å²) in [5, 5.41) is 7.19. The molecule has 0 unspecified atom stereocenters. The smallest absolute Gasteiger partial charge is 0.255 e. The first kappa shape index (κ1) is 18.1. The number of nitrogens with zero attached hydrogens (tertiary/aromatic N) is 4. The predicted octanol–water partition coefficient (Wildman–Crippen LogP) is 3.47. The van der Waals surface area contributed by atoms with Crippen LogP contribution in [0.4, 0.5) is 5.69 Å². The van der Waals surface area contributed by atoms with Crippen LogP contribution < -0.4 is 5.32 Å². The second-order valence-corrected chi connectivity index (χ2v) is 7.95. The molecule has 29 heavy (non-hydrogen) atoms. The van der Waals surface area contributed by atoms with Crippen molar-refractivity contribution < 1.29 is 4.79 Å². The molecule has 0 radical (unpaired) electrons. The summed E-state index contributed by atoms with van der Waals surface area (Å²) >= 11 is 0. The van der Waals surface area contributed by atoms with Crippen molar-refractivity contribution in [2.75, 3.05) is 18.4 Å². The van der Waals surface area contributed by atoms with Gasteiger partial charge in [0.1, 0.15) is 12.7 Å². The molecular weight excluding hydrogens is 362 g/mol. The summed E-state index contributed by atoms with van der Waals surface area (Å²) in [5.74, 6) is -0.114. The summed E-state index contributed by atoms with van der Waals surface area (Å²) in [6.07, 6.45) is 9.33. The van der Waals surface area contributed by atoms with Crippen LogP contribution in [-0.4, -0.2) is 44.7 Å². The van der Waals surface area contributed by atoms with Gasteiger partial charge in [-0.2, -0.15) is 5.10 Å². The molecule has 0 bridgehead atoms. The topological polar surface area (TPSA) is 63.1 Å². The Hall–Kier alpha value is -2.99. The molecule has 0 saturated heterocycles. The molecular formula is C23H25N5O. The number of amides is 1. The van der Waals surface area contributed by atoms with Gasteiger partial charge in [0.15, 0.2) is 0 Å². The molecule has 0 atom stereocenters. The van der Waals surface area contributed by atoms with Gasteiger partial charge in [-0.05, 0) is 67.1 Å². The van der Waals surface area contributed by atoms with E-state index in [1.165, 1.54) is 36.7 Å². The van der Waals surface area contributed by atoms with E-state index in [0.717, 1.165) is 43.3 Å². The molecule has 5 rings (SSSR count). The lowest BCUT2D eigenvalue weighted by Crippen LogP contribution is -2.41. The number of carbonyl (C=O) groups is 1. The fourth-order valence-corrected chi connectivity index (χ4v) is 4.27. The van der Waals surface area contributed by atoms with E-state index in [-0.39, 0.29) is 5.91 Å². The maximum atomic E-state index is 12.8. The highest BCUT2D eigenvalue weighted by Crippen LogP contribution is 2.28. The minimum Gasteiger partial charge on any atom is -0.322 e. The molecule has 148 valence electrons. The molecule has 1 fully saturated rings. The predicted molar refractivity (Wildman–Crippen MR) is 112 cm³/mol. The van der Waals surface area contributed by atoms with E-state index in [1.807, 2.05) is 30.3 Å². The van der Waals surface area contributed by atoms with Gasteiger partial charge in [0.2, 0.25) is 0 Å². The van der Waals surface area contributed by atoms with E-state index in [0.29, 0.717) is 5.56 Å². The Kier molecular flexibility index (Phi) is 4.86. The molecule has 2 heterocycles. The van der Waals surface area contributed by atoms with Crippen molar-refractivity contribution in [3.05, 3.63) is 71.8 Å². The second kappa shape index (κ2) is 7.79. The average molecular weight is 387 g/mol. The lowest BCUT2D eigenvalue weighted by molar-refractivity contribution is 0.102. The van der Waals surface area contributed by atoms with Gasteiger partial charge >= 0.3 is 0 Å².